The molecule has 2 nitrogen and oxygen atoms in total. The maximum atomic E-state index is 8.50. The van der Waals surface area contributed by atoms with Gasteiger partial charge in [-0.1, -0.05) is 0 Å². The molecule has 11 heavy (non-hydrogen) atoms. The first kappa shape index (κ1) is 7.77. The summed E-state index contributed by atoms with van der Waals surface area (Å²) in [7, 11) is 3.95. The van der Waals surface area contributed by atoms with Crippen LogP contribution >= 0.6 is 0 Å². The average molecular weight is 146 g/mol. The molecule has 1 aromatic rings. The molecule has 0 aliphatic heterocycles. The van der Waals surface area contributed by atoms with E-state index in [1.54, 1.807) is 0 Å². The first-order valence-electron chi connectivity index (χ1n) is 3.41. The molecule has 0 saturated carbocycles. The van der Waals surface area contributed by atoms with Gasteiger partial charge in [-0.25, -0.2) is 0 Å². The molecule has 0 spiro atoms. The number of hydrogen-bond acceptors (Lipinski definition) is 2. The molecule has 0 atom stereocenters. The number of rotatable bonds is 1. The molecule has 0 bridgehead atoms. The summed E-state index contributed by atoms with van der Waals surface area (Å²) in [6, 6.07) is 9.56. The van der Waals surface area contributed by atoms with E-state index in [9.17, 15) is 0 Å². The van der Waals surface area contributed by atoms with E-state index >= 15 is 0 Å². The molecule has 0 heterocycles. The minimum atomic E-state index is 0.704. The van der Waals surface area contributed by atoms with Crippen LogP contribution in [0.25, 0.3) is 0 Å². The van der Waals surface area contributed by atoms with E-state index in [0.717, 1.165) is 5.69 Å². The van der Waals surface area contributed by atoms with Gasteiger partial charge in [0.1, 0.15) is 14.1 Å². The van der Waals surface area contributed by atoms with Crippen molar-refractivity contribution in [2.24, 2.45) is 0 Å². The van der Waals surface area contributed by atoms with Gasteiger partial charge in [-0.15, -0.1) is 4.90 Å². The molecule has 1 aromatic carbocycles. The Balaban J connectivity index is 2.94. The Hall–Kier alpha value is -1.33. The summed E-state index contributed by atoms with van der Waals surface area (Å²) in [6.45, 7) is 0. The molecule has 0 aliphatic rings. The van der Waals surface area contributed by atoms with Crippen molar-refractivity contribution in [3.05, 3.63) is 29.8 Å². The zero-order valence-electron chi connectivity index (χ0n) is 6.70. The molecule has 0 N–H and O–H groups in total. The fraction of sp³-hybridized carbons (Fsp3) is 0.222. The van der Waals surface area contributed by atoms with Crippen molar-refractivity contribution in [3.63, 3.8) is 0 Å². The molecule has 0 saturated heterocycles. The third-order valence-corrected chi connectivity index (χ3v) is 1.51. The predicted molar refractivity (Wildman–Crippen MR) is 44.8 cm³/mol. The maximum absolute atomic E-state index is 8.50. The highest BCUT2D eigenvalue weighted by atomic mass is 15.1. The van der Waals surface area contributed by atoms with Gasteiger partial charge in [-0.05, 0) is 12.1 Å². The molecule has 55 valence electrons. The summed E-state index contributed by atoms with van der Waals surface area (Å²) in [5, 5.41) is 8.50. The van der Waals surface area contributed by atoms with Gasteiger partial charge in [0.05, 0.1) is 11.6 Å². The van der Waals surface area contributed by atoms with Gasteiger partial charge in [0, 0.05) is 12.1 Å². The van der Waals surface area contributed by atoms with Crippen molar-refractivity contribution in [2.45, 2.75) is 0 Å². The van der Waals surface area contributed by atoms with E-state index in [4.69, 9.17) is 5.26 Å². The molecular formula is C9H10N2+. The number of nitriles is 1. The quantitative estimate of drug-likeness (QED) is 0.553. The minimum Gasteiger partial charge on any atom is -0.192 e. The molecule has 1 rings (SSSR count). The third kappa shape index (κ3) is 1.79. The lowest BCUT2D eigenvalue weighted by molar-refractivity contribution is 0.762. The van der Waals surface area contributed by atoms with Crippen LogP contribution in [0.3, 0.4) is 0 Å². The molecule has 0 unspecified atom stereocenters. The van der Waals surface area contributed by atoms with Gasteiger partial charge in [0.15, 0.2) is 5.69 Å². The lowest BCUT2D eigenvalue weighted by atomic mass is 10.2. The van der Waals surface area contributed by atoms with Gasteiger partial charge in [0.25, 0.3) is 0 Å². The van der Waals surface area contributed by atoms with E-state index in [2.05, 4.69) is 6.07 Å². The van der Waals surface area contributed by atoms with Crippen LogP contribution in [0.1, 0.15) is 5.56 Å². The van der Waals surface area contributed by atoms with Crippen molar-refractivity contribution in [3.8, 4) is 6.07 Å². The summed E-state index contributed by atoms with van der Waals surface area (Å²) in [5.41, 5.74) is 1.82. The van der Waals surface area contributed by atoms with E-state index < -0.39 is 0 Å². The second-order valence-corrected chi connectivity index (χ2v) is 2.55. The highest BCUT2D eigenvalue weighted by Gasteiger charge is 2.03. The summed E-state index contributed by atoms with van der Waals surface area (Å²) in [4.78, 5) is 2.00. The Morgan fingerprint density at radius 1 is 1.18 bits per heavy atom. The van der Waals surface area contributed by atoms with Crippen LogP contribution in [0.4, 0.5) is 5.69 Å². The van der Waals surface area contributed by atoms with Crippen LogP contribution in [-0.4, -0.2) is 14.1 Å². The van der Waals surface area contributed by atoms with Crippen LogP contribution in [0.15, 0.2) is 24.3 Å². The summed E-state index contributed by atoms with van der Waals surface area (Å²) >= 11 is 0. The fourth-order valence-corrected chi connectivity index (χ4v) is 0.834. The van der Waals surface area contributed by atoms with Crippen molar-refractivity contribution < 1.29 is 0 Å². The fourth-order valence-electron chi connectivity index (χ4n) is 0.834. The Morgan fingerprint density at radius 3 is 2.09 bits per heavy atom. The van der Waals surface area contributed by atoms with Crippen molar-refractivity contribution in [1.82, 2.24) is 4.90 Å². The smallest absolute Gasteiger partial charge is 0.180 e. The molecule has 0 aromatic heterocycles. The third-order valence-electron chi connectivity index (χ3n) is 1.51. The van der Waals surface area contributed by atoms with Crippen molar-refractivity contribution in [1.29, 1.82) is 5.26 Å². The molecule has 0 amide bonds. The van der Waals surface area contributed by atoms with Crippen LogP contribution in [0.5, 0.6) is 0 Å². The number of benzene rings is 1. The largest absolute Gasteiger partial charge is 0.192 e. The second-order valence-electron chi connectivity index (χ2n) is 2.55. The molecule has 2 heteroatoms. The van der Waals surface area contributed by atoms with Gasteiger partial charge in [-0.2, -0.15) is 5.26 Å². The standard InChI is InChI=1S/C9H10N2/c1-11(2)9-5-3-8(7-10)4-6-9/h3-6H,1-2H3/q+1. The molecule has 0 fully saturated rings. The van der Waals surface area contributed by atoms with Crippen LogP contribution in [-0.2, 0) is 0 Å². The zero-order valence-corrected chi connectivity index (χ0v) is 6.70. The Morgan fingerprint density at radius 2 is 1.73 bits per heavy atom. The van der Waals surface area contributed by atoms with Crippen LogP contribution < -0.4 is 4.90 Å². The molecular weight excluding hydrogens is 136 g/mol. The zero-order chi connectivity index (χ0) is 8.27. The van der Waals surface area contributed by atoms with Gasteiger partial charge in [-0.3, -0.25) is 0 Å². The Labute approximate surface area is 66.7 Å². The van der Waals surface area contributed by atoms with Crippen molar-refractivity contribution in [2.75, 3.05) is 14.1 Å². The van der Waals surface area contributed by atoms with Gasteiger partial charge < -0.3 is 0 Å². The van der Waals surface area contributed by atoms with Gasteiger partial charge >= 0.3 is 0 Å². The monoisotopic (exact) mass is 146 g/mol. The van der Waals surface area contributed by atoms with E-state index in [-0.39, 0.29) is 0 Å². The Bertz CT molecular complexity index is 267. The first-order chi connectivity index (χ1) is 5.24. The predicted octanol–water partition coefficient (Wildman–Crippen LogP) is 1.59. The van der Waals surface area contributed by atoms with Crippen LogP contribution in [0, 0.1) is 11.3 Å². The SMILES string of the molecule is C[N+](C)c1ccc(C#N)cc1. The highest BCUT2D eigenvalue weighted by Crippen LogP contribution is 2.10. The second kappa shape index (κ2) is 3.18. The normalized spacial score (nSPS) is 9.64. The van der Waals surface area contributed by atoms with E-state index in [0.29, 0.717) is 5.56 Å². The van der Waals surface area contributed by atoms with Crippen molar-refractivity contribution >= 4 is 5.69 Å². The average Bonchev–Trinajstić information content (AvgIpc) is 2.05. The molecule has 1 radical (unpaired) electrons. The van der Waals surface area contributed by atoms with E-state index in [1.165, 1.54) is 0 Å². The number of nitrogens with zero attached hydrogens (tertiary/aromatic N) is 2. The first-order valence-corrected chi connectivity index (χ1v) is 3.41. The number of hydrogen-bond donors (Lipinski definition) is 0. The minimum absolute atomic E-state index is 0.704. The lowest BCUT2D eigenvalue weighted by Crippen LogP contribution is -2.09. The molecule has 0 aliphatic carbocycles. The van der Waals surface area contributed by atoms with Crippen LogP contribution in [0.2, 0.25) is 0 Å². The highest BCUT2D eigenvalue weighted by molar-refractivity contribution is 5.43. The maximum Gasteiger partial charge on any atom is 0.180 e. The summed E-state index contributed by atoms with van der Waals surface area (Å²) in [5.74, 6) is 0. The topological polar surface area (TPSA) is 29.7 Å². The van der Waals surface area contributed by atoms with E-state index in [1.807, 2.05) is 43.3 Å². The Kier molecular flexibility index (Phi) is 2.25. The summed E-state index contributed by atoms with van der Waals surface area (Å²) in [6.07, 6.45) is 0. The lowest BCUT2D eigenvalue weighted by Gasteiger charge is -1.97. The van der Waals surface area contributed by atoms with Gasteiger partial charge in [0.2, 0.25) is 0 Å². The summed E-state index contributed by atoms with van der Waals surface area (Å²) < 4.78 is 0. The number of anilines is 1.